The standard InChI is InChI=1S/C29H24N2O3/c1-33-29(32)25-18-16-22(17-19-25)21-34-27-15-9-8-14-26(27)20-30-31-28(23-10-4-2-5-11-23)24-12-6-3-7-13-24/h2-20H,21H2,1H3. The summed E-state index contributed by atoms with van der Waals surface area (Å²) in [6, 6.07) is 34.8. The lowest BCUT2D eigenvalue weighted by atomic mass is 10.0. The number of rotatable bonds is 8. The van der Waals surface area contributed by atoms with Gasteiger partial charge in [0.1, 0.15) is 18.1 Å². The predicted octanol–water partition coefficient (Wildman–Crippen LogP) is 5.92. The average Bonchev–Trinajstić information content (AvgIpc) is 2.91. The first kappa shape index (κ1) is 22.7. The van der Waals surface area contributed by atoms with Crippen LogP contribution in [0.3, 0.4) is 0 Å². The molecule has 0 aliphatic carbocycles. The van der Waals surface area contributed by atoms with Crippen LogP contribution in [-0.4, -0.2) is 25.0 Å². The van der Waals surface area contributed by atoms with Crippen LogP contribution in [0.15, 0.2) is 119 Å². The van der Waals surface area contributed by atoms with Gasteiger partial charge < -0.3 is 9.47 Å². The lowest BCUT2D eigenvalue weighted by Gasteiger charge is -2.09. The van der Waals surface area contributed by atoms with Crippen LogP contribution in [0.2, 0.25) is 0 Å². The summed E-state index contributed by atoms with van der Waals surface area (Å²) in [5.41, 5.74) is 5.04. The summed E-state index contributed by atoms with van der Waals surface area (Å²) < 4.78 is 10.8. The van der Waals surface area contributed by atoms with Gasteiger partial charge in [-0.25, -0.2) is 4.79 Å². The van der Waals surface area contributed by atoms with E-state index >= 15 is 0 Å². The Morgan fingerprint density at radius 2 is 1.32 bits per heavy atom. The Morgan fingerprint density at radius 3 is 1.94 bits per heavy atom. The monoisotopic (exact) mass is 448 g/mol. The highest BCUT2D eigenvalue weighted by molar-refractivity contribution is 6.13. The van der Waals surface area contributed by atoms with Crippen molar-refractivity contribution in [3.8, 4) is 5.75 Å². The van der Waals surface area contributed by atoms with E-state index in [1.807, 2.05) is 97.1 Å². The SMILES string of the molecule is COC(=O)c1ccc(COc2ccccc2C=NN=C(c2ccccc2)c2ccccc2)cc1. The highest BCUT2D eigenvalue weighted by atomic mass is 16.5. The number of nitrogens with zero attached hydrogens (tertiary/aromatic N) is 2. The van der Waals surface area contributed by atoms with Crippen LogP contribution in [0.4, 0.5) is 0 Å². The zero-order chi connectivity index (χ0) is 23.6. The third kappa shape index (κ3) is 5.84. The van der Waals surface area contributed by atoms with E-state index < -0.39 is 0 Å². The Kier molecular flexibility index (Phi) is 7.59. The van der Waals surface area contributed by atoms with E-state index in [4.69, 9.17) is 9.47 Å². The van der Waals surface area contributed by atoms with Gasteiger partial charge in [-0.3, -0.25) is 0 Å². The number of methoxy groups -OCH3 is 1. The van der Waals surface area contributed by atoms with Crippen molar-refractivity contribution in [1.82, 2.24) is 0 Å². The van der Waals surface area contributed by atoms with Gasteiger partial charge >= 0.3 is 5.97 Å². The molecule has 0 saturated carbocycles. The Labute approximate surface area is 199 Å². The number of hydrogen-bond donors (Lipinski definition) is 0. The molecule has 0 aromatic heterocycles. The van der Waals surface area contributed by atoms with Gasteiger partial charge in [-0.1, -0.05) is 84.9 Å². The van der Waals surface area contributed by atoms with Gasteiger partial charge in [0.05, 0.1) is 18.9 Å². The number of carbonyl (C=O) groups is 1. The van der Waals surface area contributed by atoms with Crippen LogP contribution in [0, 0.1) is 0 Å². The largest absolute Gasteiger partial charge is 0.488 e. The molecule has 34 heavy (non-hydrogen) atoms. The fourth-order valence-corrected chi connectivity index (χ4v) is 3.36. The van der Waals surface area contributed by atoms with Crippen molar-refractivity contribution < 1.29 is 14.3 Å². The molecule has 0 aliphatic rings. The van der Waals surface area contributed by atoms with Crippen molar-refractivity contribution in [3.05, 3.63) is 137 Å². The molecule has 0 fully saturated rings. The number of esters is 1. The van der Waals surface area contributed by atoms with Crippen molar-refractivity contribution in [2.75, 3.05) is 7.11 Å². The first-order valence-electron chi connectivity index (χ1n) is 10.9. The molecule has 168 valence electrons. The summed E-state index contributed by atoms with van der Waals surface area (Å²) in [5.74, 6) is 0.333. The van der Waals surface area contributed by atoms with E-state index in [-0.39, 0.29) is 5.97 Å². The maximum Gasteiger partial charge on any atom is 0.337 e. The van der Waals surface area contributed by atoms with E-state index in [1.165, 1.54) is 7.11 Å². The minimum Gasteiger partial charge on any atom is -0.488 e. The van der Waals surface area contributed by atoms with Crippen molar-refractivity contribution >= 4 is 17.9 Å². The van der Waals surface area contributed by atoms with Crippen LogP contribution in [0.25, 0.3) is 0 Å². The second kappa shape index (κ2) is 11.4. The Hall–Kier alpha value is -4.51. The summed E-state index contributed by atoms with van der Waals surface area (Å²) in [6.07, 6.45) is 1.70. The maximum absolute atomic E-state index is 11.6. The lowest BCUT2D eigenvalue weighted by Crippen LogP contribution is -2.03. The molecular weight excluding hydrogens is 424 g/mol. The maximum atomic E-state index is 11.6. The highest BCUT2D eigenvalue weighted by Crippen LogP contribution is 2.19. The predicted molar refractivity (Wildman–Crippen MR) is 135 cm³/mol. The molecule has 0 radical (unpaired) electrons. The molecule has 0 unspecified atom stereocenters. The minimum absolute atomic E-state index is 0.356. The van der Waals surface area contributed by atoms with Gasteiger partial charge in [0.15, 0.2) is 0 Å². The van der Waals surface area contributed by atoms with Gasteiger partial charge in [0, 0.05) is 16.7 Å². The van der Waals surface area contributed by atoms with E-state index in [1.54, 1.807) is 18.3 Å². The van der Waals surface area contributed by atoms with Crippen molar-refractivity contribution in [2.45, 2.75) is 6.61 Å². The van der Waals surface area contributed by atoms with Crippen LogP contribution in [0.1, 0.15) is 32.6 Å². The van der Waals surface area contributed by atoms with Gasteiger partial charge in [-0.2, -0.15) is 5.10 Å². The molecule has 4 aromatic carbocycles. The fourth-order valence-electron chi connectivity index (χ4n) is 3.36. The van der Waals surface area contributed by atoms with E-state index in [2.05, 4.69) is 10.2 Å². The van der Waals surface area contributed by atoms with Crippen molar-refractivity contribution in [2.24, 2.45) is 10.2 Å². The van der Waals surface area contributed by atoms with E-state index in [9.17, 15) is 4.79 Å². The van der Waals surface area contributed by atoms with Crippen molar-refractivity contribution in [3.63, 3.8) is 0 Å². The smallest absolute Gasteiger partial charge is 0.337 e. The number of para-hydroxylation sites is 1. The second-order valence-electron chi connectivity index (χ2n) is 7.44. The van der Waals surface area contributed by atoms with E-state index in [0.717, 1.165) is 28.0 Å². The fraction of sp³-hybridized carbons (Fsp3) is 0.0690. The molecule has 4 aromatic rings. The van der Waals surface area contributed by atoms with Gasteiger partial charge in [-0.05, 0) is 29.8 Å². The summed E-state index contributed by atoms with van der Waals surface area (Å²) in [6.45, 7) is 0.356. The second-order valence-corrected chi connectivity index (χ2v) is 7.44. The van der Waals surface area contributed by atoms with E-state index in [0.29, 0.717) is 17.9 Å². The van der Waals surface area contributed by atoms with Crippen LogP contribution < -0.4 is 4.74 Å². The molecule has 0 aliphatic heterocycles. The first-order chi connectivity index (χ1) is 16.7. The van der Waals surface area contributed by atoms with Crippen molar-refractivity contribution in [1.29, 1.82) is 0 Å². The molecule has 0 heterocycles. The number of benzene rings is 4. The number of ether oxygens (including phenoxy) is 2. The Bertz CT molecular complexity index is 1240. The minimum atomic E-state index is -0.361. The zero-order valence-electron chi connectivity index (χ0n) is 18.8. The topological polar surface area (TPSA) is 60.2 Å². The third-order valence-corrected chi connectivity index (χ3v) is 5.14. The normalized spacial score (nSPS) is 10.6. The molecule has 0 amide bonds. The molecule has 0 spiro atoms. The molecule has 0 bridgehead atoms. The summed E-state index contributed by atoms with van der Waals surface area (Å²) in [4.78, 5) is 11.6. The first-order valence-corrected chi connectivity index (χ1v) is 10.9. The summed E-state index contributed by atoms with van der Waals surface area (Å²) in [5, 5.41) is 8.92. The zero-order valence-corrected chi connectivity index (χ0v) is 18.8. The average molecular weight is 449 g/mol. The number of hydrogen-bond acceptors (Lipinski definition) is 5. The molecule has 0 saturated heterocycles. The Morgan fingerprint density at radius 1 is 0.735 bits per heavy atom. The number of carbonyl (C=O) groups excluding carboxylic acids is 1. The van der Waals surface area contributed by atoms with Crippen LogP contribution >= 0.6 is 0 Å². The lowest BCUT2D eigenvalue weighted by molar-refractivity contribution is 0.0600. The third-order valence-electron chi connectivity index (χ3n) is 5.14. The molecular formula is C29H24N2O3. The van der Waals surface area contributed by atoms with Gasteiger partial charge in [-0.15, -0.1) is 5.10 Å². The van der Waals surface area contributed by atoms with Gasteiger partial charge in [0.2, 0.25) is 0 Å². The summed E-state index contributed by atoms with van der Waals surface area (Å²) in [7, 11) is 1.37. The summed E-state index contributed by atoms with van der Waals surface area (Å²) >= 11 is 0. The van der Waals surface area contributed by atoms with Gasteiger partial charge in [0.25, 0.3) is 0 Å². The quantitative estimate of drug-likeness (QED) is 0.191. The van der Waals surface area contributed by atoms with Crippen LogP contribution in [0.5, 0.6) is 5.75 Å². The van der Waals surface area contributed by atoms with Crippen LogP contribution in [-0.2, 0) is 11.3 Å². The molecule has 5 nitrogen and oxygen atoms in total. The molecule has 0 atom stereocenters. The molecule has 5 heteroatoms. The molecule has 4 rings (SSSR count). The Balaban J connectivity index is 1.52. The molecule has 0 N–H and O–H groups in total. The highest BCUT2D eigenvalue weighted by Gasteiger charge is 2.07.